The first-order valence-electron chi connectivity index (χ1n) is 6.24. The number of carbonyl (C=O) groups is 1. The summed E-state index contributed by atoms with van der Waals surface area (Å²) >= 11 is 1.40. The summed E-state index contributed by atoms with van der Waals surface area (Å²) in [6.45, 7) is 0. The lowest BCUT2D eigenvalue weighted by atomic mass is 10.0. The number of thiophene rings is 1. The molecule has 0 atom stereocenters. The van der Waals surface area contributed by atoms with Crippen LogP contribution < -0.4 is 4.74 Å². The molecule has 2 aromatic carbocycles. The van der Waals surface area contributed by atoms with Gasteiger partial charge in [-0.2, -0.15) is 0 Å². The van der Waals surface area contributed by atoms with Crippen LogP contribution in [0.4, 0.5) is 0 Å². The summed E-state index contributed by atoms with van der Waals surface area (Å²) < 4.78 is 5.27. The molecule has 1 heterocycles. The maximum absolute atomic E-state index is 11.9. The van der Waals surface area contributed by atoms with Crippen molar-refractivity contribution in [1.82, 2.24) is 0 Å². The quantitative estimate of drug-likeness (QED) is 0.654. The van der Waals surface area contributed by atoms with Gasteiger partial charge in [-0.3, -0.25) is 0 Å². The van der Waals surface area contributed by atoms with Crippen LogP contribution in [0.25, 0.3) is 11.1 Å². The Kier molecular flexibility index (Phi) is 3.61. The van der Waals surface area contributed by atoms with E-state index < -0.39 is 0 Å². The van der Waals surface area contributed by atoms with Crippen LogP contribution in [-0.4, -0.2) is 5.97 Å². The van der Waals surface area contributed by atoms with E-state index in [1.807, 2.05) is 53.9 Å². The summed E-state index contributed by atoms with van der Waals surface area (Å²) in [6, 6.07) is 21.1. The third-order valence-electron chi connectivity index (χ3n) is 2.92. The molecule has 3 heteroatoms. The first kappa shape index (κ1) is 12.6. The lowest BCUT2D eigenvalue weighted by Gasteiger charge is -2.04. The van der Waals surface area contributed by atoms with E-state index in [9.17, 15) is 4.79 Å². The maximum atomic E-state index is 11.9. The summed E-state index contributed by atoms with van der Waals surface area (Å²) in [7, 11) is 0. The molecule has 0 radical (unpaired) electrons. The zero-order valence-corrected chi connectivity index (χ0v) is 11.5. The van der Waals surface area contributed by atoms with Gasteiger partial charge in [-0.05, 0) is 40.8 Å². The summed E-state index contributed by atoms with van der Waals surface area (Å²) in [6.07, 6.45) is 0. The smallest absolute Gasteiger partial charge is 0.344 e. The highest BCUT2D eigenvalue weighted by Crippen LogP contribution is 2.22. The molecule has 0 unspecified atom stereocenters. The molecule has 2 nitrogen and oxygen atoms in total. The highest BCUT2D eigenvalue weighted by molar-refractivity contribution is 7.11. The van der Waals surface area contributed by atoms with E-state index >= 15 is 0 Å². The highest BCUT2D eigenvalue weighted by Gasteiger charge is 2.09. The van der Waals surface area contributed by atoms with Crippen LogP contribution in [0.1, 0.15) is 10.4 Å². The van der Waals surface area contributed by atoms with Gasteiger partial charge in [0, 0.05) is 0 Å². The number of hydrogen-bond acceptors (Lipinski definition) is 3. The summed E-state index contributed by atoms with van der Waals surface area (Å²) in [5, 5.41) is 2.49. The molecule has 1 aromatic heterocycles. The molecule has 0 amide bonds. The van der Waals surface area contributed by atoms with E-state index in [1.54, 1.807) is 18.2 Å². The second-order valence-corrected chi connectivity index (χ2v) is 5.18. The minimum atomic E-state index is -0.327. The summed E-state index contributed by atoms with van der Waals surface area (Å²) in [5.41, 5.74) is 2.77. The molecule has 0 aliphatic heterocycles. The normalized spacial score (nSPS) is 10.2. The van der Waals surface area contributed by atoms with Crippen molar-refractivity contribution in [1.29, 1.82) is 0 Å². The van der Waals surface area contributed by atoms with E-state index in [0.717, 1.165) is 11.1 Å². The molecule has 0 spiro atoms. The van der Waals surface area contributed by atoms with E-state index in [1.165, 1.54) is 11.3 Å². The van der Waals surface area contributed by atoms with Gasteiger partial charge in [0.05, 0.1) is 5.56 Å². The number of carbonyl (C=O) groups excluding carboxylic acids is 1. The lowest BCUT2D eigenvalue weighted by Crippen LogP contribution is -2.07. The van der Waals surface area contributed by atoms with Gasteiger partial charge < -0.3 is 4.74 Å². The van der Waals surface area contributed by atoms with Crippen LogP contribution in [0, 0.1) is 0 Å². The number of benzene rings is 2. The first-order valence-corrected chi connectivity index (χ1v) is 7.12. The van der Waals surface area contributed by atoms with Crippen molar-refractivity contribution >= 4 is 17.3 Å². The summed E-state index contributed by atoms with van der Waals surface area (Å²) in [5.74, 6) is -0.327. The van der Waals surface area contributed by atoms with Crippen LogP contribution in [0.15, 0.2) is 72.1 Å². The topological polar surface area (TPSA) is 26.3 Å². The van der Waals surface area contributed by atoms with Crippen molar-refractivity contribution < 1.29 is 9.53 Å². The zero-order valence-electron chi connectivity index (χ0n) is 10.7. The Morgan fingerprint density at radius 3 is 2.15 bits per heavy atom. The minimum absolute atomic E-state index is 0.327. The van der Waals surface area contributed by atoms with Gasteiger partial charge in [-0.1, -0.05) is 42.5 Å². The van der Waals surface area contributed by atoms with Crippen molar-refractivity contribution in [2.45, 2.75) is 0 Å². The third kappa shape index (κ3) is 2.78. The molecular weight excluding hydrogens is 268 g/mol. The highest BCUT2D eigenvalue weighted by atomic mass is 32.1. The fraction of sp³-hybridized carbons (Fsp3) is 0. The SMILES string of the molecule is O=C(Oc1cccs1)c1ccc(-c2ccccc2)cc1. The molecule has 0 N–H and O–H groups in total. The van der Waals surface area contributed by atoms with Crippen molar-refractivity contribution in [2.75, 3.05) is 0 Å². The van der Waals surface area contributed by atoms with Crippen molar-refractivity contribution in [2.24, 2.45) is 0 Å². The van der Waals surface area contributed by atoms with E-state index in [2.05, 4.69) is 0 Å². The van der Waals surface area contributed by atoms with Gasteiger partial charge in [0.1, 0.15) is 0 Å². The van der Waals surface area contributed by atoms with Gasteiger partial charge in [-0.25, -0.2) is 4.79 Å². The van der Waals surface area contributed by atoms with Gasteiger partial charge in [0.15, 0.2) is 5.06 Å². The number of hydrogen-bond donors (Lipinski definition) is 0. The maximum Gasteiger partial charge on any atom is 0.344 e. The predicted molar refractivity (Wildman–Crippen MR) is 81.2 cm³/mol. The Bertz CT molecular complexity index is 686. The average molecular weight is 280 g/mol. The molecule has 0 aliphatic rings. The van der Waals surface area contributed by atoms with Crippen LogP contribution in [0.5, 0.6) is 5.06 Å². The monoisotopic (exact) mass is 280 g/mol. The van der Waals surface area contributed by atoms with Gasteiger partial charge in [0.2, 0.25) is 0 Å². The fourth-order valence-electron chi connectivity index (χ4n) is 1.90. The molecule has 0 fully saturated rings. The van der Waals surface area contributed by atoms with Crippen molar-refractivity contribution in [3.05, 3.63) is 77.7 Å². The summed E-state index contributed by atoms with van der Waals surface area (Å²) in [4.78, 5) is 11.9. The third-order valence-corrected chi connectivity index (χ3v) is 3.66. The molecule has 0 saturated heterocycles. The van der Waals surface area contributed by atoms with Gasteiger partial charge in [0.25, 0.3) is 0 Å². The molecule has 3 aromatic rings. The Morgan fingerprint density at radius 1 is 0.800 bits per heavy atom. The van der Waals surface area contributed by atoms with Crippen LogP contribution in [0.2, 0.25) is 0 Å². The Morgan fingerprint density at radius 2 is 1.50 bits per heavy atom. The molecule has 0 aliphatic carbocycles. The molecule has 98 valence electrons. The Hall–Kier alpha value is -2.39. The Balaban J connectivity index is 1.78. The predicted octanol–water partition coefficient (Wildman–Crippen LogP) is 4.63. The van der Waals surface area contributed by atoms with Crippen molar-refractivity contribution in [3.8, 4) is 16.2 Å². The second kappa shape index (κ2) is 5.72. The van der Waals surface area contributed by atoms with Crippen LogP contribution in [0.3, 0.4) is 0 Å². The number of esters is 1. The van der Waals surface area contributed by atoms with E-state index in [4.69, 9.17) is 4.74 Å². The average Bonchev–Trinajstić information content (AvgIpc) is 3.01. The number of ether oxygens (including phenoxy) is 1. The van der Waals surface area contributed by atoms with E-state index in [-0.39, 0.29) is 5.97 Å². The molecule has 0 saturated carbocycles. The molecular formula is C17H12O2S. The zero-order chi connectivity index (χ0) is 13.8. The van der Waals surface area contributed by atoms with Crippen LogP contribution in [-0.2, 0) is 0 Å². The standard InChI is InChI=1S/C17H12O2S/c18-17(19-16-7-4-12-20-16)15-10-8-14(9-11-15)13-5-2-1-3-6-13/h1-12H. The lowest BCUT2D eigenvalue weighted by molar-refractivity contribution is 0.0740. The first-order chi connectivity index (χ1) is 9.83. The minimum Gasteiger partial charge on any atom is -0.412 e. The largest absolute Gasteiger partial charge is 0.412 e. The van der Waals surface area contributed by atoms with Gasteiger partial charge >= 0.3 is 5.97 Å². The van der Waals surface area contributed by atoms with Crippen LogP contribution >= 0.6 is 11.3 Å². The fourth-order valence-corrected chi connectivity index (χ4v) is 2.47. The molecule has 3 rings (SSSR count). The molecule has 0 bridgehead atoms. The number of rotatable bonds is 3. The van der Waals surface area contributed by atoms with Crippen molar-refractivity contribution in [3.63, 3.8) is 0 Å². The Labute approximate surface area is 121 Å². The van der Waals surface area contributed by atoms with Gasteiger partial charge in [-0.15, -0.1) is 11.3 Å². The van der Waals surface area contributed by atoms with E-state index in [0.29, 0.717) is 10.6 Å². The molecule has 20 heavy (non-hydrogen) atoms. The second-order valence-electron chi connectivity index (χ2n) is 4.26.